The lowest BCUT2D eigenvalue weighted by Crippen LogP contribution is -2.00. The number of benzene rings is 1. The molecular formula is C10H7Cl2FN4. The number of rotatable bonds is 2. The number of nitrogens with two attached hydrogens (primary N) is 1. The summed E-state index contributed by atoms with van der Waals surface area (Å²) in [4.78, 5) is 7.60. The van der Waals surface area contributed by atoms with E-state index < -0.39 is 5.82 Å². The molecule has 0 fully saturated rings. The van der Waals surface area contributed by atoms with E-state index in [9.17, 15) is 4.39 Å². The van der Waals surface area contributed by atoms with E-state index in [0.717, 1.165) is 0 Å². The summed E-state index contributed by atoms with van der Waals surface area (Å²) >= 11 is 11.6. The highest BCUT2D eigenvalue weighted by atomic mass is 35.5. The van der Waals surface area contributed by atoms with Gasteiger partial charge in [0.2, 0.25) is 5.95 Å². The van der Waals surface area contributed by atoms with Crippen LogP contribution in [-0.4, -0.2) is 9.97 Å². The van der Waals surface area contributed by atoms with Crippen LogP contribution in [0.3, 0.4) is 0 Å². The first kappa shape index (κ1) is 11.9. The summed E-state index contributed by atoms with van der Waals surface area (Å²) in [6.45, 7) is 0. The largest absolute Gasteiger partial charge is 0.368 e. The van der Waals surface area contributed by atoms with Crippen molar-refractivity contribution in [2.24, 2.45) is 0 Å². The minimum Gasteiger partial charge on any atom is -0.368 e. The Bertz CT molecular complexity index is 542. The van der Waals surface area contributed by atoms with E-state index in [0.29, 0.717) is 11.5 Å². The Hall–Kier alpha value is -1.59. The number of nitrogens with one attached hydrogen (secondary N) is 1. The van der Waals surface area contributed by atoms with Crippen LogP contribution < -0.4 is 11.1 Å². The van der Waals surface area contributed by atoms with Crippen molar-refractivity contribution in [3.05, 3.63) is 40.3 Å². The van der Waals surface area contributed by atoms with Gasteiger partial charge in [-0.2, -0.15) is 4.98 Å². The van der Waals surface area contributed by atoms with Crippen molar-refractivity contribution in [1.82, 2.24) is 9.97 Å². The molecule has 1 heterocycles. The van der Waals surface area contributed by atoms with Gasteiger partial charge >= 0.3 is 0 Å². The third-order valence-electron chi connectivity index (χ3n) is 1.89. The lowest BCUT2D eigenvalue weighted by atomic mass is 10.3. The first-order valence-corrected chi connectivity index (χ1v) is 5.31. The van der Waals surface area contributed by atoms with Crippen molar-refractivity contribution in [3.63, 3.8) is 0 Å². The van der Waals surface area contributed by atoms with Crippen molar-refractivity contribution < 1.29 is 4.39 Å². The summed E-state index contributed by atoms with van der Waals surface area (Å²) < 4.78 is 13.1. The van der Waals surface area contributed by atoms with Gasteiger partial charge in [0.15, 0.2) is 5.82 Å². The van der Waals surface area contributed by atoms with Crippen LogP contribution in [0, 0.1) is 5.82 Å². The van der Waals surface area contributed by atoms with Crippen LogP contribution in [0.4, 0.5) is 21.8 Å². The average molecular weight is 273 g/mol. The third-order valence-corrected chi connectivity index (χ3v) is 2.38. The third kappa shape index (κ3) is 2.95. The lowest BCUT2D eigenvalue weighted by Gasteiger charge is -2.08. The molecular weight excluding hydrogens is 266 g/mol. The summed E-state index contributed by atoms with van der Waals surface area (Å²) in [5, 5.41) is 3.35. The molecule has 0 aliphatic heterocycles. The minimum absolute atomic E-state index is 0.0689. The topological polar surface area (TPSA) is 63.8 Å². The number of hydrogen-bond donors (Lipinski definition) is 2. The van der Waals surface area contributed by atoms with Gasteiger partial charge in [-0.05, 0) is 18.2 Å². The van der Waals surface area contributed by atoms with Crippen molar-refractivity contribution >= 4 is 40.7 Å². The molecule has 3 N–H and O–H groups in total. The Labute approximate surface area is 107 Å². The molecule has 0 spiro atoms. The Balaban J connectivity index is 2.34. The normalized spacial score (nSPS) is 10.3. The van der Waals surface area contributed by atoms with Crippen LogP contribution in [0.15, 0.2) is 24.4 Å². The Kier molecular flexibility index (Phi) is 3.31. The first-order valence-electron chi connectivity index (χ1n) is 4.56. The summed E-state index contributed by atoms with van der Waals surface area (Å²) in [5.74, 6) is -0.0987. The van der Waals surface area contributed by atoms with Crippen molar-refractivity contribution in [2.45, 2.75) is 0 Å². The molecule has 0 radical (unpaired) electrons. The van der Waals surface area contributed by atoms with Crippen LogP contribution in [0.25, 0.3) is 0 Å². The van der Waals surface area contributed by atoms with Crippen LogP contribution >= 0.6 is 23.2 Å². The van der Waals surface area contributed by atoms with Crippen LogP contribution in [0.5, 0.6) is 0 Å². The summed E-state index contributed by atoms with van der Waals surface area (Å²) in [5.41, 5.74) is 5.85. The fourth-order valence-corrected chi connectivity index (χ4v) is 1.59. The summed E-state index contributed by atoms with van der Waals surface area (Å²) in [7, 11) is 0. The van der Waals surface area contributed by atoms with Gasteiger partial charge in [0.05, 0.1) is 6.20 Å². The van der Waals surface area contributed by atoms with Crippen LogP contribution in [0.2, 0.25) is 10.0 Å². The molecule has 0 bridgehead atoms. The monoisotopic (exact) mass is 272 g/mol. The van der Waals surface area contributed by atoms with Crippen molar-refractivity contribution in [2.75, 3.05) is 11.1 Å². The van der Waals surface area contributed by atoms with Gasteiger partial charge in [-0.1, -0.05) is 23.2 Å². The highest BCUT2D eigenvalue weighted by molar-refractivity contribution is 6.33. The molecule has 2 aromatic rings. The maximum Gasteiger partial charge on any atom is 0.222 e. The van der Waals surface area contributed by atoms with E-state index in [1.165, 1.54) is 18.3 Å². The van der Waals surface area contributed by atoms with Gasteiger partial charge < -0.3 is 11.1 Å². The molecule has 7 heteroatoms. The second kappa shape index (κ2) is 4.73. The van der Waals surface area contributed by atoms with E-state index in [2.05, 4.69) is 15.3 Å². The Morgan fingerprint density at radius 3 is 2.71 bits per heavy atom. The standard InChI is InChI=1S/C10H7Cl2FN4/c11-5-1-6(13)3-7(2-5)16-9-8(12)4-15-10(14)17-9/h1-4H,(H3,14,15,16,17). The van der Waals surface area contributed by atoms with Crippen molar-refractivity contribution in [3.8, 4) is 0 Å². The van der Waals surface area contributed by atoms with Crippen LogP contribution in [-0.2, 0) is 0 Å². The molecule has 0 amide bonds. The fourth-order valence-electron chi connectivity index (χ4n) is 1.23. The predicted octanol–water partition coefficient (Wildman–Crippen LogP) is 3.25. The molecule has 88 valence electrons. The van der Waals surface area contributed by atoms with E-state index >= 15 is 0 Å². The Morgan fingerprint density at radius 2 is 2.00 bits per heavy atom. The maximum atomic E-state index is 13.1. The molecule has 0 aliphatic rings. The van der Waals surface area contributed by atoms with Crippen molar-refractivity contribution in [1.29, 1.82) is 0 Å². The molecule has 0 saturated heterocycles. The SMILES string of the molecule is Nc1ncc(Cl)c(Nc2cc(F)cc(Cl)c2)n1. The molecule has 0 unspecified atom stereocenters. The molecule has 4 nitrogen and oxygen atoms in total. The van der Waals surface area contributed by atoms with Gasteiger partial charge in [0.25, 0.3) is 0 Å². The first-order chi connectivity index (χ1) is 8.04. The number of hydrogen-bond acceptors (Lipinski definition) is 4. The minimum atomic E-state index is -0.460. The second-order valence-corrected chi connectivity index (χ2v) is 4.05. The van der Waals surface area contributed by atoms with Gasteiger partial charge in [-0.15, -0.1) is 0 Å². The van der Waals surface area contributed by atoms with Gasteiger partial charge in [0.1, 0.15) is 10.8 Å². The zero-order chi connectivity index (χ0) is 12.4. The van der Waals surface area contributed by atoms with Crippen LogP contribution in [0.1, 0.15) is 0 Å². The average Bonchev–Trinajstić information content (AvgIpc) is 2.22. The second-order valence-electron chi connectivity index (χ2n) is 3.21. The molecule has 0 aliphatic carbocycles. The molecule has 1 aromatic carbocycles. The molecule has 0 atom stereocenters. The zero-order valence-electron chi connectivity index (χ0n) is 8.42. The van der Waals surface area contributed by atoms with E-state index in [1.54, 1.807) is 6.07 Å². The highest BCUT2D eigenvalue weighted by Gasteiger charge is 2.05. The number of anilines is 3. The van der Waals surface area contributed by atoms with E-state index in [-0.39, 0.29) is 16.0 Å². The van der Waals surface area contributed by atoms with Gasteiger partial charge in [0, 0.05) is 10.7 Å². The number of halogens is 3. The molecule has 0 saturated carbocycles. The number of aromatic nitrogens is 2. The lowest BCUT2D eigenvalue weighted by molar-refractivity contribution is 0.628. The van der Waals surface area contributed by atoms with E-state index in [1.807, 2.05) is 0 Å². The summed E-state index contributed by atoms with van der Waals surface area (Å²) in [6, 6.07) is 4.00. The zero-order valence-corrected chi connectivity index (χ0v) is 9.93. The quantitative estimate of drug-likeness (QED) is 0.881. The number of nitrogens with zero attached hydrogens (tertiary/aromatic N) is 2. The maximum absolute atomic E-state index is 13.1. The fraction of sp³-hybridized carbons (Fsp3) is 0. The number of nitrogen functional groups attached to an aromatic ring is 1. The molecule has 2 rings (SSSR count). The van der Waals surface area contributed by atoms with Gasteiger partial charge in [-0.3, -0.25) is 0 Å². The predicted molar refractivity (Wildman–Crippen MR) is 66.1 cm³/mol. The smallest absolute Gasteiger partial charge is 0.222 e. The Morgan fingerprint density at radius 1 is 1.24 bits per heavy atom. The van der Waals surface area contributed by atoms with E-state index in [4.69, 9.17) is 28.9 Å². The molecule has 17 heavy (non-hydrogen) atoms. The highest BCUT2D eigenvalue weighted by Crippen LogP contribution is 2.25. The van der Waals surface area contributed by atoms with Gasteiger partial charge in [-0.25, -0.2) is 9.37 Å². The molecule has 1 aromatic heterocycles. The summed E-state index contributed by atoms with van der Waals surface area (Å²) in [6.07, 6.45) is 1.35.